The van der Waals surface area contributed by atoms with Gasteiger partial charge in [0.15, 0.2) is 5.82 Å². The molecule has 0 aliphatic carbocycles. The molecule has 0 aliphatic rings. The van der Waals surface area contributed by atoms with Crippen LogP contribution in [-0.2, 0) is 0 Å². The largest absolute Gasteiger partial charge is 0.265 e. The van der Waals surface area contributed by atoms with Crippen LogP contribution in [0.15, 0.2) is 59.1 Å². The molecule has 3 nitrogen and oxygen atoms in total. The summed E-state index contributed by atoms with van der Waals surface area (Å²) < 4.78 is 2.76. The van der Waals surface area contributed by atoms with Crippen LogP contribution in [0.4, 0.5) is 0 Å². The van der Waals surface area contributed by atoms with Gasteiger partial charge in [-0.3, -0.25) is 4.57 Å². The van der Waals surface area contributed by atoms with Crippen molar-refractivity contribution in [3.63, 3.8) is 0 Å². The SMILES string of the molecule is Clc1nnc(-c2ccccc2)n1-c1ccccc1Br. The van der Waals surface area contributed by atoms with E-state index < -0.39 is 0 Å². The minimum absolute atomic E-state index is 0.339. The lowest BCUT2D eigenvalue weighted by atomic mass is 10.2. The highest BCUT2D eigenvalue weighted by molar-refractivity contribution is 9.10. The fourth-order valence-electron chi connectivity index (χ4n) is 1.89. The van der Waals surface area contributed by atoms with Crippen molar-refractivity contribution in [3.05, 3.63) is 64.4 Å². The highest BCUT2D eigenvalue weighted by Gasteiger charge is 2.15. The number of aromatic nitrogens is 3. The van der Waals surface area contributed by atoms with Crippen molar-refractivity contribution in [3.8, 4) is 17.1 Å². The molecule has 5 heteroatoms. The van der Waals surface area contributed by atoms with Crippen molar-refractivity contribution in [1.29, 1.82) is 0 Å². The summed E-state index contributed by atoms with van der Waals surface area (Å²) in [6.07, 6.45) is 0. The first-order valence-corrected chi connectivity index (χ1v) is 6.85. The summed E-state index contributed by atoms with van der Waals surface area (Å²) in [6.45, 7) is 0. The van der Waals surface area contributed by atoms with Crippen molar-refractivity contribution < 1.29 is 0 Å². The molecule has 0 radical (unpaired) electrons. The molecule has 3 aromatic rings. The number of benzene rings is 2. The molecule has 0 saturated carbocycles. The number of hydrogen-bond donors (Lipinski definition) is 0. The number of nitrogens with zero attached hydrogens (tertiary/aromatic N) is 3. The van der Waals surface area contributed by atoms with Gasteiger partial charge in [-0.1, -0.05) is 42.5 Å². The lowest BCUT2D eigenvalue weighted by molar-refractivity contribution is 1.06. The standard InChI is InChI=1S/C14H9BrClN3/c15-11-8-4-5-9-12(11)19-13(17-18-14(19)16)10-6-2-1-3-7-10/h1-9H. The zero-order valence-electron chi connectivity index (χ0n) is 9.79. The second kappa shape index (κ2) is 5.15. The van der Waals surface area contributed by atoms with E-state index in [4.69, 9.17) is 11.6 Å². The average molecular weight is 335 g/mol. The molecule has 1 aromatic heterocycles. The third-order valence-corrected chi connectivity index (χ3v) is 3.66. The van der Waals surface area contributed by atoms with E-state index in [1.54, 1.807) is 0 Å². The van der Waals surface area contributed by atoms with E-state index in [1.807, 2.05) is 59.2 Å². The molecule has 0 N–H and O–H groups in total. The van der Waals surface area contributed by atoms with E-state index in [0.29, 0.717) is 5.28 Å². The number of hydrogen-bond acceptors (Lipinski definition) is 2. The van der Waals surface area contributed by atoms with Crippen LogP contribution in [0.5, 0.6) is 0 Å². The van der Waals surface area contributed by atoms with Gasteiger partial charge in [0, 0.05) is 10.0 Å². The van der Waals surface area contributed by atoms with Gasteiger partial charge in [-0.15, -0.1) is 10.2 Å². The van der Waals surface area contributed by atoms with Gasteiger partial charge in [-0.2, -0.15) is 0 Å². The highest BCUT2D eigenvalue weighted by atomic mass is 79.9. The molecular formula is C14H9BrClN3. The summed E-state index contributed by atoms with van der Waals surface area (Å²) in [5, 5.41) is 8.47. The van der Waals surface area contributed by atoms with Gasteiger partial charge >= 0.3 is 0 Å². The quantitative estimate of drug-likeness (QED) is 0.697. The number of rotatable bonds is 2. The van der Waals surface area contributed by atoms with Crippen LogP contribution in [0.1, 0.15) is 0 Å². The van der Waals surface area contributed by atoms with Crippen molar-refractivity contribution in [1.82, 2.24) is 14.8 Å². The molecule has 0 atom stereocenters. The fraction of sp³-hybridized carbons (Fsp3) is 0. The monoisotopic (exact) mass is 333 g/mol. The minimum atomic E-state index is 0.339. The van der Waals surface area contributed by atoms with Crippen LogP contribution in [-0.4, -0.2) is 14.8 Å². The predicted octanol–water partition coefficient (Wildman–Crippen LogP) is 4.35. The van der Waals surface area contributed by atoms with Gasteiger partial charge in [-0.05, 0) is 39.7 Å². The van der Waals surface area contributed by atoms with Gasteiger partial charge < -0.3 is 0 Å². The predicted molar refractivity (Wildman–Crippen MR) is 79.5 cm³/mol. The summed E-state index contributed by atoms with van der Waals surface area (Å²) >= 11 is 9.69. The van der Waals surface area contributed by atoms with E-state index in [2.05, 4.69) is 26.1 Å². The van der Waals surface area contributed by atoms with Crippen LogP contribution >= 0.6 is 27.5 Å². The smallest absolute Gasteiger partial charge is 0.229 e. The molecule has 2 aromatic carbocycles. The Bertz CT molecular complexity index is 710. The molecule has 3 rings (SSSR count). The Kier molecular flexibility index (Phi) is 3.36. The van der Waals surface area contributed by atoms with E-state index in [9.17, 15) is 0 Å². The molecule has 0 aliphatic heterocycles. The molecule has 94 valence electrons. The molecule has 1 heterocycles. The van der Waals surface area contributed by atoms with Crippen LogP contribution in [0.3, 0.4) is 0 Å². The van der Waals surface area contributed by atoms with Crippen LogP contribution in [0.2, 0.25) is 5.28 Å². The topological polar surface area (TPSA) is 30.7 Å². The molecule has 19 heavy (non-hydrogen) atoms. The van der Waals surface area contributed by atoms with E-state index in [1.165, 1.54) is 0 Å². The minimum Gasteiger partial charge on any atom is -0.265 e. The summed E-state index contributed by atoms with van der Waals surface area (Å²) in [6, 6.07) is 17.7. The number of para-hydroxylation sites is 1. The summed E-state index contributed by atoms with van der Waals surface area (Å²) in [5.41, 5.74) is 1.88. The van der Waals surface area contributed by atoms with Gasteiger partial charge in [0.2, 0.25) is 5.28 Å². The molecule has 0 fully saturated rings. The van der Waals surface area contributed by atoms with Gasteiger partial charge in [0.25, 0.3) is 0 Å². The van der Waals surface area contributed by atoms with Crippen LogP contribution < -0.4 is 0 Å². The second-order valence-electron chi connectivity index (χ2n) is 3.95. The Balaban J connectivity index is 2.23. The molecule has 0 unspecified atom stereocenters. The van der Waals surface area contributed by atoms with Gasteiger partial charge in [-0.25, -0.2) is 0 Å². The van der Waals surface area contributed by atoms with Crippen LogP contribution in [0, 0.1) is 0 Å². The Morgan fingerprint density at radius 2 is 1.58 bits per heavy atom. The third kappa shape index (κ3) is 2.29. The summed E-state index contributed by atoms with van der Waals surface area (Å²) in [4.78, 5) is 0. The van der Waals surface area contributed by atoms with Crippen molar-refractivity contribution in [2.45, 2.75) is 0 Å². The van der Waals surface area contributed by atoms with Crippen molar-refractivity contribution >= 4 is 27.5 Å². The molecule has 0 saturated heterocycles. The highest BCUT2D eigenvalue weighted by Crippen LogP contribution is 2.29. The maximum Gasteiger partial charge on any atom is 0.229 e. The van der Waals surface area contributed by atoms with Crippen LogP contribution in [0.25, 0.3) is 17.1 Å². The molecular weight excluding hydrogens is 326 g/mol. The third-order valence-electron chi connectivity index (χ3n) is 2.75. The lowest BCUT2D eigenvalue weighted by Crippen LogP contribution is -1.98. The van der Waals surface area contributed by atoms with E-state index in [-0.39, 0.29) is 0 Å². The first-order valence-electron chi connectivity index (χ1n) is 5.68. The summed E-state index contributed by atoms with van der Waals surface area (Å²) in [7, 11) is 0. The van der Waals surface area contributed by atoms with E-state index >= 15 is 0 Å². The fourth-order valence-corrected chi connectivity index (χ4v) is 2.56. The first kappa shape index (κ1) is 12.4. The van der Waals surface area contributed by atoms with E-state index in [0.717, 1.165) is 21.5 Å². The zero-order chi connectivity index (χ0) is 13.2. The zero-order valence-corrected chi connectivity index (χ0v) is 12.1. The summed E-state index contributed by atoms with van der Waals surface area (Å²) in [5.74, 6) is 0.720. The molecule has 0 bridgehead atoms. The average Bonchev–Trinajstić information content (AvgIpc) is 2.82. The first-order chi connectivity index (χ1) is 9.27. The molecule has 0 amide bonds. The van der Waals surface area contributed by atoms with Gasteiger partial charge in [0.1, 0.15) is 0 Å². The Morgan fingerprint density at radius 3 is 2.32 bits per heavy atom. The Morgan fingerprint density at radius 1 is 0.895 bits per heavy atom. The lowest BCUT2D eigenvalue weighted by Gasteiger charge is -2.09. The Labute approximate surface area is 124 Å². The normalized spacial score (nSPS) is 10.6. The second-order valence-corrected chi connectivity index (χ2v) is 5.14. The Hall–Kier alpha value is -1.65. The maximum atomic E-state index is 6.17. The number of halogens is 2. The van der Waals surface area contributed by atoms with Gasteiger partial charge in [0.05, 0.1) is 5.69 Å². The maximum absolute atomic E-state index is 6.17. The van der Waals surface area contributed by atoms with Crippen molar-refractivity contribution in [2.75, 3.05) is 0 Å². The molecule has 0 spiro atoms. The van der Waals surface area contributed by atoms with Crippen molar-refractivity contribution in [2.24, 2.45) is 0 Å².